The van der Waals surface area contributed by atoms with Crippen LogP contribution in [0.2, 0.25) is 0 Å². The predicted molar refractivity (Wildman–Crippen MR) is 57.7 cm³/mol. The minimum absolute atomic E-state index is 0.0549. The number of allylic oxidation sites excluding steroid dienone is 1. The molecule has 1 rings (SSSR count). The first-order chi connectivity index (χ1) is 6.02. The lowest BCUT2D eigenvalue weighted by molar-refractivity contribution is 0.103. The van der Waals surface area contributed by atoms with Gasteiger partial charge in [0.2, 0.25) is 0 Å². The van der Waals surface area contributed by atoms with Gasteiger partial charge in [0.1, 0.15) is 0 Å². The number of hydrogen-bond acceptors (Lipinski definition) is 2. The van der Waals surface area contributed by atoms with Crippen LogP contribution in [0.4, 0.5) is 5.69 Å². The van der Waals surface area contributed by atoms with Crippen molar-refractivity contribution >= 4 is 27.4 Å². The Morgan fingerprint density at radius 2 is 2.15 bits per heavy atom. The van der Waals surface area contributed by atoms with Gasteiger partial charge in [0, 0.05) is 15.7 Å². The van der Waals surface area contributed by atoms with E-state index in [1.807, 2.05) is 0 Å². The second kappa shape index (κ2) is 3.75. The van der Waals surface area contributed by atoms with E-state index < -0.39 is 0 Å². The number of nitrogen functional groups attached to an aromatic ring is 1. The first-order valence-electron chi connectivity index (χ1n) is 3.77. The number of anilines is 1. The normalized spacial score (nSPS) is 9.69. The van der Waals surface area contributed by atoms with E-state index in [0.717, 1.165) is 4.47 Å². The van der Waals surface area contributed by atoms with Crippen molar-refractivity contribution in [3.8, 4) is 0 Å². The standard InChI is InChI=1S/C10H10BrNO/c1-6(2)10(13)7-3-4-9(12)8(11)5-7/h3-5H,1,12H2,2H3. The van der Waals surface area contributed by atoms with Crippen molar-refractivity contribution in [2.24, 2.45) is 0 Å². The van der Waals surface area contributed by atoms with Crippen molar-refractivity contribution in [1.82, 2.24) is 0 Å². The summed E-state index contributed by atoms with van der Waals surface area (Å²) in [6.45, 7) is 5.27. The molecular weight excluding hydrogens is 230 g/mol. The second-order valence-electron chi connectivity index (χ2n) is 2.85. The summed E-state index contributed by atoms with van der Waals surface area (Å²) in [6.07, 6.45) is 0. The maximum absolute atomic E-state index is 11.4. The van der Waals surface area contributed by atoms with Gasteiger partial charge >= 0.3 is 0 Å². The van der Waals surface area contributed by atoms with E-state index in [1.54, 1.807) is 25.1 Å². The summed E-state index contributed by atoms with van der Waals surface area (Å²) in [4.78, 5) is 11.4. The molecule has 1 aromatic rings. The van der Waals surface area contributed by atoms with Crippen molar-refractivity contribution < 1.29 is 4.79 Å². The zero-order chi connectivity index (χ0) is 10.0. The Morgan fingerprint density at radius 1 is 1.54 bits per heavy atom. The second-order valence-corrected chi connectivity index (χ2v) is 3.70. The molecule has 2 N–H and O–H groups in total. The lowest BCUT2D eigenvalue weighted by Crippen LogP contribution is -2.00. The van der Waals surface area contributed by atoms with Crippen LogP contribution in [0, 0.1) is 0 Å². The van der Waals surface area contributed by atoms with Gasteiger partial charge in [-0.05, 0) is 46.6 Å². The molecule has 0 fully saturated rings. The molecule has 0 heterocycles. The Labute approximate surface area is 85.6 Å². The van der Waals surface area contributed by atoms with Gasteiger partial charge in [-0.2, -0.15) is 0 Å². The Kier molecular flexibility index (Phi) is 2.88. The van der Waals surface area contributed by atoms with Gasteiger partial charge in [-0.3, -0.25) is 4.79 Å². The van der Waals surface area contributed by atoms with Gasteiger partial charge in [-0.1, -0.05) is 6.58 Å². The third-order valence-electron chi connectivity index (χ3n) is 1.65. The quantitative estimate of drug-likeness (QED) is 0.490. The number of ketones is 1. The minimum Gasteiger partial charge on any atom is -0.398 e. The third kappa shape index (κ3) is 2.18. The molecule has 0 unspecified atom stereocenters. The smallest absolute Gasteiger partial charge is 0.188 e. The zero-order valence-electron chi connectivity index (χ0n) is 7.30. The first-order valence-corrected chi connectivity index (χ1v) is 4.57. The number of benzene rings is 1. The average Bonchev–Trinajstić information content (AvgIpc) is 2.08. The lowest BCUT2D eigenvalue weighted by atomic mass is 10.1. The number of nitrogens with two attached hydrogens (primary N) is 1. The molecule has 0 saturated carbocycles. The van der Waals surface area contributed by atoms with E-state index in [1.165, 1.54) is 0 Å². The number of carbonyl (C=O) groups is 1. The van der Waals surface area contributed by atoms with Crippen LogP contribution in [0.15, 0.2) is 34.8 Å². The third-order valence-corrected chi connectivity index (χ3v) is 2.34. The van der Waals surface area contributed by atoms with Gasteiger partial charge in [0.15, 0.2) is 5.78 Å². The van der Waals surface area contributed by atoms with Crippen LogP contribution in [0.5, 0.6) is 0 Å². The summed E-state index contributed by atoms with van der Waals surface area (Å²) < 4.78 is 0.736. The molecule has 1 aromatic carbocycles. The summed E-state index contributed by atoms with van der Waals surface area (Å²) in [7, 11) is 0. The van der Waals surface area contributed by atoms with Gasteiger partial charge in [-0.15, -0.1) is 0 Å². The predicted octanol–water partition coefficient (Wildman–Crippen LogP) is 2.79. The van der Waals surface area contributed by atoms with Crippen LogP contribution < -0.4 is 5.73 Å². The fourth-order valence-corrected chi connectivity index (χ4v) is 1.29. The Bertz CT molecular complexity index is 371. The molecule has 3 heteroatoms. The van der Waals surface area contributed by atoms with Crippen LogP contribution in [-0.2, 0) is 0 Å². The number of rotatable bonds is 2. The summed E-state index contributed by atoms with van der Waals surface area (Å²) in [5.74, 6) is -0.0549. The van der Waals surface area contributed by atoms with E-state index >= 15 is 0 Å². The van der Waals surface area contributed by atoms with Crippen LogP contribution in [0.25, 0.3) is 0 Å². The molecule has 0 bridgehead atoms. The monoisotopic (exact) mass is 239 g/mol. The Hall–Kier alpha value is -1.09. The van der Waals surface area contributed by atoms with Crippen LogP contribution in [-0.4, -0.2) is 5.78 Å². The molecule has 0 spiro atoms. The SMILES string of the molecule is C=C(C)C(=O)c1ccc(N)c(Br)c1. The molecule has 0 atom stereocenters. The van der Waals surface area contributed by atoms with Crippen LogP contribution in [0.1, 0.15) is 17.3 Å². The largest absolute Gasteiger partial charge is 0.398 e. The summed E-state index contributed by atoms with van der Waals surface area (Å²) in [6, 6.07) is 5.09. The molecule has 0 aliphatic heterocycles. The van der Waals surface area contributed by atoms with Gasteiger partial charge in [0.05, 0.1) is 0 Å². The molecule has 0 aliphatic carbocycles. The molecule has 0 amide bonds. The summed E-state index contributed by atoms with van der Waals surface area (Å²) >= 11 is 3.26. The maximum Gasteiger partial charge on any atom is 0.188 e. The zero-order valence-corrected chi connectivity index (χ0v) is 8.89. The van der Waals surface area contributed by atoms with Crippen molar-refractivity contribution in [2.45, 2.75) is 6.92 Å². The number of hydrogen-bond donors (Lipinski definition) is 1. The Balaban J connectivity index is 3.11. The summed E-state index contributed by atoms with van der Waals surface area (Å²) in [5, 5.41) is 0. The highest BCUT2D eigenvalue weighted by atomic mass is 79.9. The fraction of sp³-hybridized carbons (Fsp3) is 0.100. The van der Waals surface area contributed by atoms with Crippen LogP contribution in [0.3, 0.4) is 0 Å². The van der Waals surface area contributed by atoms with Gasteiger partial charge in [-0.25, -0.2) is 0 Å². The number of carbonyl (C=O) groups excluding carboxylic acids is 1. The first kappa shape index (κ1) is 9.99. The van der Waals surface area contributed by atoms with E-state index in [-0.39, 0.29) is 5.78 Å². The highest BCUT2D eigenvalue weighted by molar-refractivity contribution is 9.10. The molecule has 2 nitrogen and oxygen atoms in total. The molecule has 0 radical (unpaired) electrons. The highest BCUT2D eigenvalue weighted by Gasteiger charge is 2.07. The van der Waals surface area contributed by atoms with Crippen molar-refractivity contribution in [1.29, 1.82) is 0 Å². The Morgan fingerprint density at radius 3 is 2.62 bits per heavy atom. The van der Waals surface area contributed by atoms with E-state index in [0.29, 0.717) is 16.8 Å². The molecule has 0 aliphatic rings. The fourth-order valence-electron chi connectivity index (χ4n) is 0.915. The van der Waals surface area contributed by atoms with Crippen molar-refractivity contribution in [2.75, 3.05) is 5.73 Å². The average molecular weight is 240 g/mol. The van der Waals surface area contributed by atoms with Crippen LogP contribution >= 0.6 is 15.9 Å². The summed E-state index contributed by atoms with van der Waals surface area (Å²) in [5.41, 5.74) is 7.34. The van der Waals surface area contributed by atoms with E-state index in [4.69, 9.17) is 5.73 Å². The van der Waals surface area contributed by atoms with Gasteiger partial charge in [0.25, 0.3) is 0 Å². The van der Waals surface area contributed by atoms with E-state index in [2.05, 4.69) is 22.5 Å². The van der Waals surface area contributed by atoms with E-state index in [9.17, 15) is 4.79 Å². The van der Waals surface area contributed by atoms with Gasteiger partial charge < -0.3 is 5.73 Å². The molecular formula is C10H10BrNO. The number of halogens is 1. The molecule has 13 heavy (non-hydrogen) atoms. The molecule has 68 valence electrons. The number of Topliss-reactive ketones (excluding diaryl/α,β-unsaturated/α-hetero) is 1. The molecule has 0 aromatic heterocycles. The minimum atomic E-state index is -0.0549. The topological polar surface area (TPSA) is 43.1 Å². The lowest BCUT2D eigenvalue weighted by Gasteiger charge is -2.02. The highest BCUT2D eigenvalue weighted by Crippen LogP contribution is 2.21. The van der Waals surface area contributed by atoms with Crippen molar-refractivity contribution in [3.63, 3.8) is 0 Å². The molecule has 0 saturated heterocycles. The maximum atomic E-state index is 11.4. The van der Waals surface area contributed by atoms with Crippen molar-refractivity contribution in [3.05, 3.63) is 40.4 Å².